The third kappa shape index (κ3) is 1.66. The fourth-order valence-electron chi connectivity index (χ4n) is 1.82. The van der Waals surface area contributed by atoms with Gasteiger partial charge in [0.15, 0.2) is 11.6 Å². The monoisotopic (exact) mass is 244 g/mol. The molecular formula is C13H9FN2O2. The lowest BCUT2D eigenvalue weighted by molar-refractivity contribution is 0.435. The van der Waals surface area contributed by atoms with Crippen molar-refractivity contribution in [1.82, 2.24) is 5.16 Å². The molecule has 4 nitrogen and oxygen atoms in total. The van der Waals surface area contributed by atoms with Gasteiger partial charge in [0.1, 0.15) is 12.1 Å². The van der Waals surface area contributed by atoms with Crippen LogP contribution in [-0.2, 0) is 0 Å². The third-order valence-corrected chi connectivity index (χ3v) is 2.62. The van der Waals surface area contributed by atoms with Crippen molar-refractivity contribution in [3.63, 3.8) is 0 Å². The van der Waals surface area contributed by atoms with E-state index in [4.69, 9.17) is 14.7 Å². The molecule has 3 aromatic rings. The van der Waals surface area contributed by atoms with Gasteiger partial charge in [-0.15, -0.1) is 0 Å². The largest absolute Gasteiger partial charge is 0.472 e. The van der Waals surface area contributed by atoms with E-state index in [-0.39, 0.29) is 11.6 Å². The van der Waals surface area contributed by atoms with Crippen molar-refractivity contribution in [2.75, 3.05) is 5.73 Å². The average Bonchev–Trinajstić information content (AvgIpc) is 2.97. The van der Waals surface area contributed by atoms with Crippen LogP contribution in [0.2, 0.25) is 0 Å². The van der Waals surface area contributed by atoms with E-state index in [2.05, 4.69) is 5.16 Å². The van der Waals surface area contributed by atoms with Gasteiger partial charge in [0.05, 0.1) is 17.4 Å². The van der Waals surface area contributed by atoms with Crippen LogP contribution in [0.5, 0.6) is 0 Å². The van der Waals surface area contributed by atoms with E-state index in [1.807, 2.05) is 0 Å². The number of halogens is 1. The summed E-state index contributed by atoms with van der Waals surface area (Å²) in [6.45, 7) is 0. The molecule has 0 amide bonds. The molecule has 0 aliphatic heterocycles. The number of nitrogens with two attached hydrogens (primary N) is 1. The van der Waals surface area contributed by atoms with Crippen molar-refractivity contribution < 1.29 is 13.3 Å². The van der Waals surface area contributed by atoms with Gasteiger partial charge < -0.3 is 14.7 Å². The Morgan fingerprint density at radius 3 is 2.78 bits per heavy atom. The summed E-state index contributed by atoms with van der Waals surface area (Å²) in [6, 6.07) is 7.83. The third-order valence-electron chi connectivity index (χ3n) is 2.62. The Kier molecular flexibility index (Phi) is 2.37. The standard InChI is InChI=1S/C13H9FN2O2/c14-10-3-1-2-8(6-10)11-12(18-16-13(11)15)9-4-5-17-7-9/h1-7H,(H2,15,16). The number of anilines is 1. The Bertz CT molecular complexity index is 674. The number of benzene rings is 1. The van der Waals surface area contributed by atoms with E-state index in [1.165, 1.54) is 24.7 Å². The number of aromatic nitrogens is 1. The molecule has 0 unspecified atom stereocenters. The van der Waals surface area contributed by atoms with Crippen LogP contribution in [0.1, 0.15) is 0 Å². The van der Waals surface area contributed by atoms with E-state index >= 15 is 0 Å². The van der Waals surface area contributed by atoms with Crippen LogP contribution in [0.15, 0.2) is 51.8 Å². The first-order chi connectivity index (χ1) is 8.75. The number of hydrogen-bond donors (Lipinski definition) is 1. The number of nitrogens with zero attached hydrogens (tertiary/aromatic N) is 1. The lowest BCUT2D eigenvalue weighted by atomic mass is 10.0. The topological polar surface area (TPSA) is 65.2 Å². The second-order valence-corrected chi connectivity index (χ2v) is 3.79. The number of nitrogen functional groups attached to an aromatic ring is 1. The Labute approximate surface area is 102 Å². The van der Waals surface area contributed by atoms with E-state index in [9.17, 15) is 4.39 Å². The minimum Gasteiger partial charge on any atom is -0.472 e. The first-order valence-electron chi connectivity index (χ1n) is 5.29. The van der Waals surface area contributed by atoms with Gasteiger partial charge in [-0.3, -0.25) is 0 Å². The highest BCUT2D eigenvalue weighted by Crippen LogP contribution is 2.36. The first-order valence-corrected chi connectivity index (χ1v) is 5.29. The maximum Gasteiger partial charge on any atom is 0.180 e. The molecule has 0 saturated carbocycles. The summed E-state index contributed by atoms with van der Waals surface area (Å²) in [7, 11) is 0. The fourth-order valence-corrected chi connectivity index (χ4v) is 1.82. The molecule has 18 heavy (non-hydrogen) atoms. The van der Waals surface area contributed by atoms with E-state index in [1.54, 1.807) is 18.2 Å². The summed E-state index contributed by atoms with van der Waals surface area (Å²) < 4.78 is 23.4. The predicted octanol–water partition coefficient (Wildman–Crippen LogP) is 3.32. The highest BCUT2D eigenvalue weighted by molar-refractivity contribution is 5.86. The molecule has 3 rings (SSSR count). The Morgan fingerprint density at radius 1 is 1.17 bits per heavy atom. The van der Waals surface area contributed by atoms with E-state index in [0.29, 0.717) is 22.5 Å². The van der Waals surface area contributed by atoms with Crippen LogP contribution >= 0.6 is 0 Å². The molecular weight excluding hydrogens is 235 g/mol. The molecule has 0 fully saturated rings. The molecule has 0 atom stereocenters. The molecule has 90 valence electrons. The van der Waals surface area contributed by atoms with Gasteiger partial charge >= 0.3 is 0 Å². The maximum atomic E-state index is 13.3. The fraction of sp³-hybridized carbons (Fsp3) is 0. The Balaban J connectivity index is 2.20. The van der Waals surface area contributed by atoms with Crippen molar-refractivity contribution in [2.24, 2.45) is 0 Å². The van der Waals surface area contributed by atoms with Crippen LogP contribution in [0.3, 0.4) is 0 Å². The molecule has 0 aliphatic rings. The summed E-state index contributed by atoms with van der Waals surface area (Å²) in [5.74, 6) is 0.342. The van der Waals surface area contributed by atoms with Gasteiger partial charge in [-0.1, -0.05) is 17.3 Å². The van der Waals surface area contributed by atoms with Gasteiger partial charge in [-0.25, -0.2) is 4.39 Å². The normalized spacial score (nSPS) is 10.7. The molecule has 0 bridgehead atoms. The van der Waals surface area contributed by atoms with Gasteiger partial charge in [-0.05, 0) is 23.8 Å². The molecule has 2 aromatic heterocycles. The summed E-state index contributed by atoms with van der Waals surface area (Å²) >= 11 is 0. The van der Waals surface area contributed by atoms with E-state index < -0.39 is 0 Å². The minimum atomic E-state index is -0.341. The summed E-state index contributed by atoms with van der Waals surface area (Å²) in [5, 5.41) is 3.72. The predicted molar refractivity (Wildman–Crippen MR) is 64.0 cm³/mol. The Morgan fingerprint density at radius 2 is 2.06 bits per heavy atom. The van der Waals surface area contributed by atoms with Gasteiger partial charge in [-0.2, -0.15) is 0 Å². The van der Waals surface area contributed by atoms with E-state index in [0.717, 1.165) is 0 Å². The molecule has 0 saturated heterocycles. The molecule has 0 radical (unpaired) electrons. The van der Waals surface area contributed by atoms with Crippen LogP contribution < -0.4 is 5.73 Å². The summed E-state index contributed by atoms with van der Waals surface area (Å²) in [4.78, 5) is 0. The zero-order valence-corrected chi connectivity index (χ0v) is 9.26. The van der Waals surface area contributed by atoms with Crippen molar-refractivity contribution >= 4 is 5.82 Å². The van der Waals surface area contributed by atoms with Gasteiger partial charge in [0, 0.05) is 0 Å². The maximum absolute atomic E-state index is 13.3. The number of hydrogen-bond acceptors (Lipinski definition) is 4. The zero-order chi connectivity index (χ0) is 12.5. The second kappa shape index (κ2) is 4.03. The van der Waals surface area contributed by atoms with Crippen LogP contribution in [-0.4, -0.2) is 5.16 Å². The molecule has 2 N–H and O–H groups in total. The smallest absolute Gasteiger partial charge is 0.180 e. The molecule has 5 heteroatoms. The molecule has 0 spiro atoms. The highest BCUT2D eigenvalue weighted by Gasteiger charge is 2.18. The number of furan rings is 1. The van der Waals surface area contributed by atoms with Crippen molar-refractivity contribution in [3.8, 4) is 22.5 Å². The van der Waals surface area contributed by atoms with Crippen molar-refractivity contribution in [3.05, 3.63) is 48.7 Å². The van der Waals surface area contributed by atoms with Gasteiger partial charge in [0.25, 0.3) is 0 Å². The second-order valence-electron chi connectivity index (χ2n) is 3.79. The highest BCUT2D eigenvalue weighted by atomic mass is 19.1. The Hall–Kier alpha value is -2.56. The summed E-state index contributed by atoms with van der Waals surface area (Å²) in [6.07, 6.45) is 3.03. The first kappa shape index (κ1) is 10.6. The average molecular weight is 244 g/mol. The minimum absolute atomic E-state index is 0.219. The lowest BCUT2D eigenvalue weighted by Gasteiger charge is -2.01. The van der Waals surface area contributed by atoms with Crippen molar-refractivity contribution in [2.45, 2.75) is 0 Å². The van der Waals surface area contributed by atoms with Crippen LogP contribution in [0.25, 0.3) is 22.5 Å². The number of rotatable bonds is 2. The van der Waals surface area contributed by atoms with Crippen molar-refractivity contribution in [1.29, 1.82) is 0 Å². The SMILES string of the molecule is Nc1noc(-c2ccoc2)c1-c1cccc(F)c1. The quantitative estimate of drug-likeness (QED) is 0.750. The molecule has 2 heterocycles. The molecule has 1 aromatic carbocycles. The van der Waals surface area contributed by atoms with Gasteiger partial charge in [0.2, 0.25) is 0 Å². The summed E-state index contributed by atoms with van der Waals surface area (Å²) in [5.41, 5.74) is 7.66. The lowest BCUT2D eigenvalue weighted by Crippen LogP contribution is -1.89. The van der Waals surface area contributed by atoms with Crippen LogP contribution in [0, 0.1) is 5.82 Å². The molecule has 0 aliphatic carbocycles. The van der Waals surface area contributed by atoms with Crippen LogP contribution in [0.4, 0.5) is 10.2 Å². The zero-order valence-electron chi connectivity index (χ0n) is 9.26.